The number of benzene rings is 1. The van der Waals surface area contributed by atoms with Crippen molar-refractivity contribution in [2.75, 3.05) is 26.3 Å². The highest BCUT2D eigenvalue weighted by Gasteiger charge is 2.43. The minimum absolute atomic E-state index is 0.176. The fourth-order valence-corrected chi connectivity index (χ4v) is 3.40. The molecular formula is C14H18ClNO. The van der Waals surface area contributed by atoms with E-state index >= 15 is 0 Å². The fourth-order valence-electron chi connectivity index (χ4n) is 3.06. The van der Waals surface area contributed by atoms with Crippen molar-refractivity contribution in [2.24, 2.45) is 5.92 Å². The molecule has 0 spiro atoms. The zero-order valence-electron chi connectivity index (χ0n) is 9.92. The third-order valence-corrected chi connectivity index (χ3v) is 4.37. The van der Waals surface area contributed by atoms with Crippen LogP contribution in [0.3, 0.4) is 0 Å². The highest BCUT2D eigenvalue weighted by atomic mass is 35.5. The minimum Gasteiger partial charge on any atom is -0.379 e. The van der Waals surface area contributed by atoms with Gasteiger partial charge in [-0.05, 0) is 43.5 Å². The summed E-state index contributed by atoms with van der Waals surface area (Å²) in [5.41, 5.74) is 1.45. The lowest BCUT2D eigenvalue weighted by molar-refractivity contribution is -0.0705. The van der Waals surface area contributed by atoms with E-state index in [0.29, 0.717) is 0 Å². The largest absolute Gasteiger partial charge is 0.379 e. The second-order valence-corrected chi connectivity index (χ2v) is 5.72. The van der Waals surface area contributed by atoms with E-state index < -0.39 is 0 Å². The molecule has 3 heteroatoms. The maximum Gasteiger partial charge on any atom is 0.0586 e. The molecule has 0 aliphatic carbocycles. The third kappa shape index (κ3) is 2.10. The Morgan fingerprint density at radius 1 is 1.35 bits per heavy atom. The summed E-state index contributed by atoms with van der Waals surface area (Å²) < 4.78 is 5.48. The molecule has 1 atom stereocenters. The van der Waals surface area contributed by atoms with E-state index in [1.165, 1.54) is 18.4 Å². The Kier molecular flexibility index (Phi) is 3.12. The lowest BCUT2D eigenvalue weighted by Crippen LogP contribution is -2.48. The maximum atomic E-state index is 6.34. The van der Waals surface area contributed by atoms with Gasteiger partial charge in [-0.25, -0.2) is 0 Å². The van der Waals surface area contributed by atoms with E-state index in [2.05, 4.69) is 17.4 Å². The summed E-state index contributed by atoms with van der Waals surface area (Å²) in [7, 11) is 0. The van der Waals surface area contributed by atoms with Crippen LogP contribution in [0.4, 0.5) is 0 Å². The highest BCUT2D eigenvalue weighted by Crippen LogP contribution is 2.42. The second kappa shape index (κ2) is 4.60. The maximum absolute atomic E-state index is 6.34. The van der Waals surface area contributed by atoms with Gasteiger partial charge in [0.05, 0.1) is 13.2 Å². The normalized spacial score (nSPS) is 26.8. The van der Waals surface area contributed by atoms with Gasteiger partial charge in [-0.3, -0.25) is 0 Å². The van der Waals surface area contributed by atoms with Gasteiger partial charge in [0.2, 0.25) is 0 Å². The van der Waals surface area contributed by atoms with Crippen molar-refractivity contribution in [1.29, 1.82) is 0 Å². The summed E-state index contributed by atoms with van der Waals surface area (Å²) in [6.45, 7) is 3.96. The quantitative estimate of drug-likeness (QED) is 0.892. The molecule has 2 aliphatic heterocycles. The Morgan fingerprint density at radius 3 is 2.76 bits per heavy atom. The minimum atomic E-state index is 0.176. The Balaban J connectivity index is 1.83. The molecule has 0 saturated carbocycles. The van der Waals surface area contributed by atoms with Gasteiger partial charge in [-0.15, -0.1) is 0 Å². The van der Waals surface area contributed by atoms with Gasteiger partial charge in [-0.2, -0.15) is 0 Å². The van der Waals surface area contributed by atoms with Crippen LogP contribution in [-0.4, -0.2) is 26.3 Å². The van der Waals surface area contributed by atoms with Gasteiger partial charge < -0.3 is 10.1 Å². The van der Waals surface area contributed by atoms with Crippen LogP contribution in [-0.2, 0) is 10.2 Å². The van der Waals surface area contributed by atoms with Crippen LogP contribution in [0.25, 0.3) is 0 Å². The van der Waals surface area contributed by atoms with Gasteiger partial charge in [0.25, 0.3) is 0 Å². The standard InChI is InChI=1S/C14H18ClNO/c15-13-4-2-1-3-12(13)14(9-17-10-14)7-11-5-6-16-8-11/h1-4,11,16H,5-10H2. The number of ether oxygens (including phenoxy) is 1. The number of rotatable bonds is 3. The number of nitrogens with one attached hydrogen (secondary N) is 1. The van der Waals surface area contributed by atoms with Crippen LogP contribution in [0, 0.1) is 5.92 Å². The predicted molar refractivity (Wildman–Crippen MR) is 69.5 cm³/mol. The first-order valence-corrected chi connectivity index (χ1v) is 6.71. The van der Waals surface area contributed by atoms with Gasteiger partial charge in [0.1, 0.15) is 0 Å². The Bertz CT molecular complexity index is 397. The second-order valence-electron chi connectivity index (χ2n) is 5.32. The molecule has 0 radical (unpaired) electrons. The molecule has 1 N–H and O–H groups in total. The summed E-state index contributed by atoms with van der Waals surface area (Å²) in [4.78, 5) is 0. The molecule has 0 aromatic heterocycles. The predicted octanol–water partition coefficient (Wildman–Crippen LogP) is 2.61. The topological polar surface area (TPSA) is 21.3 Å². The number of hydrogen-bond donors (Lipinski definition) is 1. The summed E-state index contributed by atoms with van der Waals surface area (Å²) >= 11 is 6.34. The first-order chi connectivity index (χ1) is 8.30. The zero-order valence-corrected chi connectivity index (χ0v) is 10.7. The molecule has 2 saturated heterocycles. The van der Waals surface area contributed by atoms with Crippen LogP contribution in [0.1, 0.15) is 18.4 Å². The summed E-state index contributed by atoms with van der Waals surface area (Å²) in [5.74, 6) is 0.773. The van der Waals surface area contributed by atoms with Crippen molar-refractivity contribution in [3.8, 4) is 0 Å². The Labute approximate surface area is 107 Å². The molecule has 17 heavy (non-hydrogen) atoms. The van der Waals surface area contributed by atoms with E-state index in [-0.39, 0.29) is 5.41 Å². The number of hydrogen-bond acceptors (Lipinski definition) is 2. The van der Waals surface area contributed by atoms with Crippen molar-refractivity contribution in [2.45, 2.75) is 18.3 Å². The molecule has 1 aromatic carbocycles. The van der Waals surface area contributed by atoms with Crippen molar-refractivity contribution in [3.05, 3.63) is 34.9 Å². The van der Waals surface area contributed by atoms with E-state index in [0.717, 1.165) is 37.2 Å². The highest BCUT2D eigenvalue weighted by molar-refractivity contribution is 6.31. The average Bonchev–Trinajstić information content (AvgIpc) is 2.77. The van der Waals surface area contributed by atoms with Crippen LogP contribution in [0.5, 0.6) is 0 Å². The van der Waals surface area contributed by atoms with Gasteiger partial charge in [0.15, 0.2) is 0 Å². The third-order valence-electron chi connectivity index (χ3n) is 4.04. The molecule has 2 heterocycles. The smallest absolute Gasteiger partial charge is 0.0586 e. The Hall–Kier alpha value is -0.570. The van der Waals surface area contributed by atoms with E-state index in [1.54, 1.807) is 0 Å². The first-order valence-electron chi connectivity index (χ1n) is 6.34. The summed E-state index contributed by atoms with van der Waals surface area (Å²) in [5, 5.41) is 4.33. The fraction of sp³-hybridized carbons (Fsp3) is 0.571. The zero-order chi connectivity index (χ0) is 11.7. The summed E-state index contributed by atoms with van der Waals surface area (Å²) in [6, 6.07) is 8.22. The van der Waals surface area contributed by atoms with Crippen LogP contribution in [0.2, 0.25) is 5.02 Å². The van der Waals surface area contributed by atoms with E-state index in [9.17, 15) is 0 Å². The van der Waals surface area contributed by atoms with Gasteiger partial charge in [-0.1, -0.05) is 29.8 Å². The molecule has 92 valence electrons. The van der Waals surface area contributed by atoms with Crippen molar-refractivity contribution < 1.29 is 4.74 Å². The van der Waals surface area contributed by atoms with Crippen molar-refractivity contribution in [1.82, 2.24) is 5.32 Å². The average molecular weight is 252 g/mol. The lowest BCUT2D eigenvalue weighted by Gasteiger charge is -2.44. The number of halogens is 1. The van der Waals surface area contributed by atoms with E-state index in [1.807, 2.05) is 12.1 Å². The van der Waals surface area contributed by atoms with Crippen LogP contribution in [0.15, 0.2) is 24.3 Å². The molecule has 1 unspecified atom stereocenters. The lowest BCUT2D eigenvalue weighted by atomic mass is 9.72. The summed E-state index contributed by atoms with van der Waals surface area (Å²) in [6.07, 6.45) is 2.48. The first kappa shape index (κ1) is 11.5. The molecular weight excluding hydrogens is 234 g/mol. The molecule has 0 amide bonds. The van der Waals surface area contributed by atoms with Gasteiger partial charge in [0, 0.05) is 10.4 Å². The molecule has 0 bridgehead atoms. The SMILES string of the molecule is Clc1ccccc1C1(CC2CCNC2)COC1. The van der Waals surface area contributed by atoms with E-state index in [4.69, 9.17) is 16.3 Å². The van der Waals surface area contributed by atoms with Crippen molar-refractivity contribution >= 4 is 11.6 Å². The molecule has 2 fully saturated rings. The molecule has 2 aliphatic rings. The monoisotopic (exact) mass is 251 g/mol. The van der Waals surface area contributed by atoms with Gasteiger partial charge >= 0.3 is 0 Å². The molecule has 3 rings (SSSR count). The molecule has 1 aromatic rings. The Morgan fingerprint density at radius 2 is 2.18 bits per heavy atom. The van der Waals surface area contributed by atoms with Crippen LogP contribution >= 0.6 is 11.6 Å². The van der Waals surface area contributed by atoms with Crippen LogP contribution < -0.4 is 5.32 Å². The molecule has 2 nitrogen and oxygen atoms in total. The van der Waals surface area contributed by atoms with Crippen molar-refractivity contribution in [3.63, 3.8) is 0 Å².